The maximum atomic E-state index is 13.1. The summed E-state index contributed by atoms with van der Waals surface area (Å²) in [4.78, 5) is 34.4. The first-order chi connectivity index (χ1) is 13.6. The maximum absolute atomic E-state index is 13.1. The predicted octanol–water partition coefficient (Wildman–Crippen LogP) is 1.10. The SMILES string of the molecule is CC(=O)N1CCN(CCc2c[nH]c3ccccc23)CC1C(=O)N1CCOCC1. The molecule has 7 nitrogen and oxygen atoms in total. The molecule has 7 heteroatoms. The number of hydrogen-bond acceptors (Lipinski definition) is 4. The zero-order chi connectivity index (χ0) is 19.5. The fourth-order valence-corrected chi connectivity index (χ4v) is 4.24. The van der Waals surface area contributed by atoms with Crippen LogP contribution in [0.3, 0.4) is 0 Å². The molecule has 0 bridgehead atoms. The maximum Gasteiger partial charge on any atom is 0.246 e. The third kappa shape index (κ3) is 3.91. The van der Waals surface area contributed by atoms with E-state index in [1.807, 2.05) is 11.0 Å². The average molecular weight is 384 g/mol. The van der Waals surface area contributed by atoms with Gasteiger partial charge in [-0.3, -0.25) is 14.5 Å². The smallest absolute Gasteiger partial charge is 0.246 e. The molecule has 0 spiro atoms. The van der Waals surface area contributed by atoms with Crippen LogP contribution >= 0.6 is 0 Å². The fourth-order valence-electron chi connectivity index (χ4n) is 4.24. The molecule has 0 saturated carbocycles. The first kappa shape index (κ1) is 19.0. The Labute approximate surface area is 165 Å². The Hall–Kier alpha value is -2.38. The molecule has 2 aliphatic heterocycles. The van der Waals surface area contributed by atoms with E-state index in [2.05, 4.69) is 34.3 Å². The van der Waals surface area contributed by atoms with Crippen molar-refractivity contribution in [2.45, 2.75) is 19.4 Å². The summed E-state index contributed by atoms with van der Waals surface area (Å²) < 4.78 is 5.36. The van der Waals surface area contributed by atoms with Crippen molar-refractivity contribution in [2.75, 3.05) is 52.5 Å². The summed E-state index contributed by atoms with van der Waals surface area (Å²) in [5, 5.41) is 1.26. The van der Waals surface area contributed by atoms with Crippen LogP contribution in [0.1, 0.15) is 12.5 Å². The number of aromatic nitrogens is 1. The standard InChI is InChI=1S/C21H28N4O3/c1-16(26)25-9-8-23(15-20(25)21(27)24-10-12-28-13-11-24)7-6-17-14-22-19-5-3-2-4-18(17)19/h2-5,14,20,22H,6-13,15H2,1H3. The number of carbonyl (C=O) groups is 2. The lowest BCUT2D eigenvalue weighted by molar-refractivity contribution is -0.150. The van der Waals surface area contributed by atoms with Crippen LogP contribution in [0.15, 0.2) is 30.5 Å². The highest BCUT2D eigenvalue weighted by Crippen LogP contribution is 2.20. The van der Waals surface area contributed by atoms with Crippen molar-refractivity contribution in [3.8, 4) is 0 Å². The Kier molecular flexibility index (Phi) is 5.64. The minimum Gasteiger partial charge on any atom is -0.378 e. The van der Waals surface area contributed by atoms with Gasteiger partial charge in [0.05, 0.1) is 13.2 Å². The van der Waals surface area contributed by atoms with E-state index in [-0.39, 0.29) is 11.8 Å². The topological polar surface area (TPSA) is 68.9 Å². The van der Waals surface area contributed by atoms with Crippen molar-refractivity contribution in [1.29, 1.82) is 0 Å². The lowest BCUT2D eigenvalue weighted by atomic mass is 10.1. The Balaban J connectivity index is 1.42. The van der Waals surface area contributed by atoms with Gasteiger partial charge in [0, 0.05) is 63.3 Å². The molecular formula is C21H28N4O3. The Morgan fingerprint density at radius 3 is 2.71 bits per heavy atom. The molecular weight excluding hydrogens is 356 g/mol. The molecule has 2 aromatic rings. The van der Waals surface area contributed by atoms with Crippen LogP contribution in [0.5, 0.6) is 0 Å². The van der Waals surface area contributed by atoms with E-state index in [1.54, 1.807) is 11.8 Å². The van der Waals surface area contributed by atoms with Crippen molar-refractivity contribution < 1.29 is 14.3 Å². The molecule has 2 saturated heterocycles. The number of aromatic amines is 1. The molecule has 4 rings (SSSR count). The second-order valence-electron chi connectivity index (χ2n) is 7.58. The van der Waals surface area contributed by atoms with Gasteiger partial charge in [0.15, 0.2) is 0 Å². The summed E-state index contributed by atoms with van der Waals surface area (Å²) in [7, 11) is 0. The van der Waals surface area contributed by atoms with E-state index in [9.17, 15) is 9.59 Å². The molecule has 1 N–H and O–H groups in total. The quantitative estimate of drug-likeness (QED) is 0.857. The van der Waals surface area contributed by atoms with Crippen molar-refractivity contribution in [3.63, 3.8) is 0 Å². The molecule has 1 aromatic carbocycles. The third-order valence-corrected chi connectivity index (χ3v) is 5.85. The number of ether oxygens (including phenoxy) is 1. The van der Waals surface area contributed by atoms with E-state index in [1.165, 1.54) is 10.9 Å². The molecule has 2 fully saturated rings. The van der Waals surface area contributed by atoms with Gasteiger partial charge in [-0.1, -0.05) is 18.2 Å². The lowest BCUT2D eigenvalue weighted by Gasteiger charge is -2.42. The Morgan fingerprint density at radius 1 is 1.14 bits per heavy atom. The minimum atomic E-state index is -0.396. The molecule has 0 aliphatic carbocycles. The van der Waals surface area contributed by atoms with E-state index < -0.39 is 6.04 Å². The second kappa shape index (κ2) is 8.32. The van der Waals surface area contributed by atoms with E-state index in [0.29, 0.717) is 39.4 Å². The monoisotopic (exact) mass is 384 g/mol. The molecule has 28 heavy (non-hydrogen) atoms. The summed E-state index contributed by atoms with van der Waals surface area (Å²) >= 11 is 0. The first-order valence-corrected chi connectivity index (χ1v) is 10.0. The molecule has 2 aliphatic rings. The fraction of sp³-hybridized carbons (Fsp3) is 0.524. The van der Waals surface area contributed by atoms with Crippen molar-refractivity contribution in [2.24, 2.45) is 0 Å². The van der Waals surface area contributed by atoms with Crippen LogP contribution in [0.4, 0.5) is 0 Å². The number of piperazine rings is 1. The number of nitrogens with one attached hydrogen (secondary N) is 1. The van der Waals surface area contributed by atoms with Gasteiger partial charge >= 0.3 is 0 Å². The van der Waals surface area contributed by atoms with Gasteiger partial charge in [0.25, 0.3) is 0 Å². The minimum absolute atomic E-state index is 0.0251. The number of carbonyl (C=O) groups excluding carboxylic acids is 2. The number of hydrogen-bond donors (Lipinski definition) is 1. The summed E-state index contributed by atoms with van der Waals surface area (Å²) in [6.45, 7) is 6.79. The number of nitrogens with zero attached hydrogens (tertiary/aromatic N) is 3. The number of para-hydroxylation sites is 1. The number of amides is 2. The number of H-pyrrole nitrogens is 1. The highest BCUT2D eigenvalue weighted by atomic mass is 16.5. The van der Waals surface area contributed by atoms with Crippen molar-refractivity contribution in [1.82, 2.24) is 19.7 Å². The highest BCUT2D eigenvalue weighted by Gasteiger charge is 2.36. The highest BCUT2D eigenvalue weighted by molar-refractivity contribution is 5.87. The van der Waals surface area contributed by atoms with Gasteiger partial charge in [0.1, 0.15) is 6.04 Å². The number of rotatable bonds is 4. The molecule has 1 aromatic heterocycles. The Morgan fingerprint density at radius 2 is 1.93 bits per heavy atom. The molecule has 0 radical (unpaired) electrons. The van der Waals surface area contributed by atoms with Crippen LogP contribution in [-0.2, 0) is 20.7 Å². The van der Waals surface area contributed by atoms with Crippen LogP contribution in [-0.4, -0.2) is 90.0 Å². The third-order valence-electron chi connectivity index (χ3n) is 5.85. The van der Waals surface area contributed by atoms with Crippen LogP contribution in [0.2, 0.25) is 0 Å². The van der Waals surface area contributed by atoms with Gasteiger partial charge < -0.3 is 19.5 Å². The summed E-state index contributed by atoms with van der Waals surface area (Å²) in [5.74, 6) is 0.0261. The zero-order valence-electron chi connectivity index (χ0n) is 16.4. The van der Waals surface area contributed by atoms with E-state index in [0.717, 1.165) is 25.0 Å². The van der Waals surface area contributed by atoms with Gasteiger partial charge in [-0.2, -0.15) is 0 Å². The summed E-state index contributed by atoms with van der Waals surface area (Å²) in [6, 6.07) is 7.92. The van der Waals surface area contributed by atoms with Crippen molar-refractivity contribution >= 4 is 22.7 Å². The van der Waals surface area contributed by atoms with E-state index in [4.69, 9.17) is 4.74 Å². The molecule has 1 atom stereocenters. The largest absolute Gasteiger partial charge is 0.378 e. The Bertz CT molecular complexity index is 843. The van der Waals surface area contributed by atoms with Gasteiger partial charge in [-0.05, 0) is 18.1 Å². The van der Waals surface area contributed by atoms with Gasteiger partial charge in [0.2, 0.25) is 11.8 Å². The summed E-state index contributed by atoms with van der Waals surface area (Å²) in [6.07, 6.45) is 3.00. The summed E-state index contributed by atoms with van der Waals surface area (Å²) in [5.41, 5.74) is 2.44. The molecule has 2 amide bonds. The lowest BCUT2D eigenvalue weighted by Crippen LogP contribution is -2.61. The average Bonchev–Trinajstić information content (AvgIpc) is 3.15. The normalized spacial score (nSPS) is 21.2. The van der Waals surface area contributed by atoms with Crippen LogP contribution < -0.4 is 0 Å². The molecule has 3 heterocycles. The van der Waals surface area contributed by atoms with Crippen LogP contribution in [0, 0.1) is 0 Å². The number of fused-ring (bicyclic) bond motifs is 1. The van der Waals surface area contributed by atoms with Crippen LogP contribution in [0.25, 0.3) is 10.9 Å². The first-order valence-electron chi connectivity index (χ1n) is 10.0. The number of morpholine rings is 1. The molecule has 150 valence electrons. The molecule has 1 unspecified atom stereocenters. The van der Waals surface area contributed by atoms with Gasteiger partial charge in [-0.15, -0.1) is 0 Å². The predicted molar refractivity (Wildman–Crippen MR) is 107 cm³/mol. The van der Waals surface area contributed by atoms with Crippen molar-refractivity contribution in [3.05, 3.63) is 36.0 Å². The van der Waals surface area contributed by atoms with E-state index >= 15 is 0 Å². The second-order valence-corrected chi connectivity index (χ2v) is 7.58. The number of benzene rings is 1. The van der Waals surface area contributed by atoms with Gasteiger partial charge in [-0.25, -0.2) is 0 Å². The zero-order valence-corrected chi connectivity index (χ0v) is 16.4.